The summed E-state index contributed by atoms with van der Waals surface area (Å²) in [5, 5.41) is 25.6. The predicted octanol–water partition coefficient (Wildman–Crippen LogP) is 1.97. The zero-order valence-corrected chi connectivity index (χ0v) is 17.0. The molecule has 30 heavy (non-hydrogen) atoms. The number of nitrogens with one attached hydrogen (secondary N) is 1. The second-order valence-electron chi connectivity index (χ2n) is 7.82. The molecule has 0 radical (unpaired) electrons. The molecule has 162 valence electrons. The maximum absolute atomic E-state index is 12.8. The van der Waals surface area contributed by atoms with Gasteiger partial charge < -0.3 is 30.7 Å². The summed E-state index contributed by atoms with van der Waals surface area (Å²) in [6.45, 7) is 4.24. The minimum Gasteiger partial charge on any atom is -0.508 e. The lowest BCUT2D eigenvalue weighted by molar-refractivity contribution is -0.141. The van der Waals surface area contributed by atoms with Gasteiger partial charge in [0.15, 0.2) is 5.82 Å². The molecule has 0 saturated carbocycles. The molecule has 3 atom stereocenters. The van der Waals surface area contributed by atoms with Crippen LogP contribution < -0.4 is 11.1 Å². The van der Waals surface area contributed by atoms with Crippen molar-refractivity contribution in [1.29, 1.82) is 0 Å². The number of aromatic nitrogens is 2. The average molecular weight is 417 g/mol. The molecule has 0 aliphatic carbocycles. The maximum atomic E-state index is 12.8. The molecule has 1 aromatic carbocycles. The number of carboxylic acid groups (broad SMARTS) is 1. The van der Waals surface area contributed by atoms with E-state index in [4.69, 9.17) is 10.3 Å². The van der Waals surface area contributed by atoms with E-state index < -0.39 is 30.1 Å². The van der Waals surface area contributed by atoms with Gasteiger partial charge in [0.2, 0.25) is 5.89 Å². The number of phenolic OH excluding ortho intramolecular Hbond substituents is 1. The zero-order valence-electron chi connectivity index (χ0n) is 17.0. The molecule has 3 rings (SSSR count). The Balaban J connectivity index is 1.83. The Bertz CT molecular complexity index is 882. The van der Waals surface area contributed by atoms with E-state index in [1.165, 1.54) is 4.90 Å². The SMILES string of the molecule is CC(C)C(N)c1noc([C@H](Cc2ccc(O)cc2)NC(=O)N2CCC[C@H]2C(=O)O)n1. The summed E-state index contributed by atoms with van der Waals surface area (Å²) in [5.74, 6) is -0.269. The van der Waals surface area contributed by atoms with Crippen LogP contribution in [0, 0.1) is 5.92 Å². The normalized spacial score (nSPS) is 18.4. The number of aromatic hydroxyl groups is 1. The highest BCUT2D eigenvalue weighted by Gasteiger charge is 2.35. The van der Waals surface area contributed by atoms with Crippen LogP contribution in [0.5, 0.6) is 5.75 Å². The van der Waals surface area contributed by atoms with Crippen molar-refractivity contribution in [3.05, 3.63) is 41.5 Å². The fourth-order valence-electron chi connectivity index (χ4n) is 3.39. The number of aliphatic carboxylic acids is 1. The van der Waals surface area contributed by atoms with Crippen LogP contribution >= 0.6 is 0 Å². The number of nitrogens with two attached hydrogens (primary N) is 1. The predicted molar refractivity (Wildman–Crippen MR) is 107 cm³/mol. The van der Waals surface area contributed by atoms with Gasteiger partial charge in [-0.3, -0.25) is 0 Å². The van der Waals surface area contributed by atoms with Crippen molar-refractivity contribution in [3.8, 4) is 5.75 Å². The molecule has 10 heteroatoms. The fraction of sp³-hybridized carbons (Fsp3) is 0.500. The van der Waals surface area contributed by atoms with Crippen molar-refractivity contribution in [2.45, 2.75) is 51.2 Å². The Morgan fingerprint density at radius 2 is 2.03 bits per heavy atom. The van der Waals surface area contributed by atoms with Gasteiger partial charge in [0.1, 0.15) is 17.8 Å². The van der Waals surface area contributed by atoms with E-state index in [1.807, 2.05) is 13.8 Å². The minimum atomic E-state index is -1.03. The zero-order chi connectivity index (χ0) is 21.8. The number of carbonyl (C=O) groups is 2. The number of phenols is 1. The van der Waals surface area contributed by atoms with Gasteiger partial charge in [0.05, 0.1) is 6.04 Å². The number of likely N-dealkylation sites (tertiary alicyclic amines) is 1. The highest BCUT2D eigenvalue weighted by atomic mass is 16.5. The third-order valence-corrected chi connectivity index (χ3v) is 5.24. The van der Waals surface area contributed by atoms with E-state index in [9.17, 15) is 19.8 Å². The molecule has 0 bridgehead atoms. The van der Waals surface area contributed by atoms with Crippen LogP contribution in [0.3, 0.4) is 0 Å². The van der Waals surface area contributed by atoms with Gasteiger partial charge in [-0.1, -0.05) is 31.1 Å². The summed E-state index contributed by atoms with van der Waals surface area (Å²) in [5.41, 5.74) is 6.92. The van der Waals surface area contributed by atoms with Crippen LogP contribution in [0.2, 0.25) is 0 Å². The molecule has 0 spiro atoms. The third-order valence-electron chi connectivity index (χ3n) is 5.24. The number of rotatable bonds is 7. The Kier molecular flexibility index (Phi) is 6.56. The Hall–Kier alpha value is -3.14. The van der Waals surface area contributed by atoms with Crippen molar-refractivity contribution in [2.75, 3.05) is 6.54 Å². The number of benzene rings is 1. The van der Waals surface area contributed by atoms with Crippen molar-refractivity contribution in [2.24, 2.45) is 11.7 Å². The third kappa shape index (κ3) is 4.88. The monoisotopic (exact) mass is 417 g/mol. The van der Waals surface area contributed by atoms with Gasteiger partial charge >= 0.3 is 12.0 Å². The molecule has 1 fully saturated rings. The molecule has 1 saturated heterocycles. The molecule has 2 aromatic rings. The van der Waals surface area contributed by atoms with E-state index in [-0.39, 0.29) is 17.6 Å². The molecule has 1 aliphatic heterocycles. The lowest BCUT2D eigenvalue weighted by atomic mass is 10.0. The largest absolute Gasteiger partial charge is 0.508 e. The van der Waals surface area contributed by atoms with E-state index in [2.05, 4.69) is 15.5 Å². The highest BCUT2D eigenvalue weighted by Crippen LogP contribution is 2.24. The second kappa shape index (κ2) is 9.12. The lowest BCUT2D eigenvalue weighted by Crippen LogP contribution is -2.47. The second-order valence-corrected chi connectivity index (χ2v) is 7.82. The average Bonchev–Trinajstić information content (AvgIpc) is 3.38. The van der Waals surface area contributed by atoms with E-state index >= 15 is 0 Å². The highest BCUT2D eigenvalue weighted by molar-refractivity contribution is 5.83. The number of carbonyl (C=O) groups excluding carboxylic acids is 1. The Morgan fingerprint density at radius 3 is 2.67 bits per heavy atom. The molecule has 2 heterocycles. The molecule has 1 aromatic heterocycles. The Morgan fingerprint density at radius 1 is 1.33 bits per heavy atom. The van der Waals surface area contributed by atoms with Crippen molar-refractivity contribution >= 4 is 12.0 Å². The van der Waals surface area contributed by atoms with E-state index in [1.54, 1.807) is 24.3 Å². The summed E-state index contributed by atoms with van der Waals surface area (Å²) >= 11 is 0. The minimum absolute atomic E-state index is 0.0986. The summed E-state index contributed by atoms with van der Waals surface area (Å²) in [6, 6.07) is 4.08. The standard InChI is InChI=1S/C20H27N5O5/c1-11(2)16(21)17-23-18(30-24-17)14(10-12-5-7-13(26)8-6-12)22-20(29)25-9-3-4-15(25)19(27)28/h5-8,11,14-16,26H,3-4,9-10,21H2,1-2H3,(H,22,29)(H,27,28)/t14-,15-,16?/m0/s1. The van der Waals surface area contributed by atoms with Crippen LogP contribution in [-0.2, 0) is 11.2 Å². The molecule has 5 N–H and O–H groups in total. The number of hydrogen-bond acceptors (Lipinski definition) is 7. The first-order valence-corrected chi connectivity index (χ1v) is 9.93. The van der Waals surface area contributed by atoms with Crippen LogP contribution in [0.1, 0.15) is 56.1 Å². The van der Waals surface area contributed by atoms with Crippen molar-refractivity contribution in [1.82, 2.24) is 20.4 Å². The first-order chi connectivity index (χ1) is 14.3. The van der Waals surface area contributed by atoms with E-state index in [0.29, 0.717) is 31.6 Å². The molecule has 2 amide bonds. The molecular weight excluding hydrogens is 390 g/mol. The van der Waals surface area contributed by atoms with Gasteiger partial charge in [-0.25, -0.2) is 9.59 Å². The van der Waals surface area contributed by atoms with Crippen LogP contribution in [-0.4, -0.2) is 49.8 Å². The summed E-state index contributed by atoms with van der Waals surface area (Å²) in [7, 11) is 0. The van der Waals surface area contributed by atoms with Gasteiger partial charge in [-0.2, -0.15) is 4.98 Å². The van der Waals surface area contributed by atoms with Gasteiger partial charge in [-0.05, 0) is 36.5 Å². The number of amides is 2. The number of nitrogens with zero attached hydrogens (tertiary/aromatic N) is 3. The summed E-state index contributed by atoms with van der Waals surface area (Å²) in [6.07, 6.45) is 1.36. The van der Waals surface area contributed by atoms with Crippen molar-refractivity contribution in [3.63, 3.8) is 0 Å². The molecule has 1 aliphatic rings. The van der Waals surface area contributed by atoms with E-state index in [0.717, 1.165) is 5.56 Å². The summed E-state index contributed by atoms with van der Waals surface area (Å²) < 4.78 is 5.39. The Labute approximate surface area is 174 Å². The quantitative estimate of drug-likeness (QED) is 0.533. The number of urea groups is 1. The first-order valence-electron chi connectivity index (χ1n) is 9.93. The van der Waals surface area contributed by atoms with Gasteiger partial charge in [0, 0.05) is 13.0 Å². The molecule has 1 unspecified atom stereocenters. The molecule has 10 nitrogen and oxygen atoms in total. The van der Waals surface area contributed by atoms with Crippen LogP contribution in [0.25, 0.3) is 0 Å². The first kappa shape index (κ1) is 21.6. The van der Waals surface area contributed by atoms with Gasteiger partial charge in [-0.15, -0.1) is 0 Å². The van der Waals surface area contributed by atoms with Crippen LogP contribution in [0.15, 0.2) is 28.8 Å². The fourth-order valence-corrected chi connectivity index (χ4v) is 3.39. The smallest absolute Gasteiger partial charge is 0.326 e. The van der Waals surface area contributed by atoms with Gasteiger partial charge in [0.25, 0.3) is 0 Å². The number of hydrogen-bond donors (Lipinski definition) is 4. The van der Waals surface area contributed by atoms with Crippen LogP contribution in [0.4, 0.5) is 4.79 Å². The maximum Gasteiger partial charge on any atom is 0.326 e. The topological polar surface area (TPSA) is 155 Å². The molecular formula is C20H27N5O5. The lowest BCUT2D eigenvalue weighted by Gasteiger charge is -2.24. The van der Waals surface area contributed by atoms with Crippen molar-refractivity contribution < 1.29 is 24.3 Å². The summed E-state index contributed by atoms with van der Waals surface area (Å²) in [4.78, 5) is 30.0. The number of carboxylic acids is 1.